The number of nitrogens with zero attached hydrogens (tertiary/aromatic N) is 1. The van der Waals surface area contributed by atoms with E-state index in [-0.39, 0.29) is 11.8 Å². The summed E-state index contributed by atoms with van der Waals surface area (Å²) in [4.78, 5) is 22.8. The average Bonchev–Trinajstić information content (AvgIpc) is 2.77. The van der Waals surface area contributed by atoms with Crippen LogP contribution in [0.5, 0.6) is 0 Å². The molecular weight excluding hydrogens is 244 g/mol. The van der Waals surface area contributed by atoms with Gasteiger partial charge in [-0.2, -0.15) is 5.10 Å². The maximum absolute atomic E-state index is 11.9. The second-order valence-electron chi connectivity index (χ2n) is 4.12. The fourth-order valence-corrected chi connectivity index (χ4v) is 1.62. The Morgan fingerprint density at radius 3 is 2.16 bits per heavy atom. The minimum absolute atomic E-state index is 0.134. The SMILES string of the molecule is CC(=O)Nc1ccc(NC(=O)c2cn[nH]c2C)cc1. The van der Waals surface area contributed by atoms with E-state index in [9.17, 15) is 9.59 Å². The Labute approximate surface area is 110 Å². The molecule has 0 fully saturated rings. The number of H-pyrrole nitrogens is 1. The van der Waals surface area contributed by atoms with Crippen LogP contribution in [0.4, 0.5) is 11.4 Å². The number of hydrogen-bond acceptors (Lipinski definition) is 3. The van der Waals surface area contributed by atoms with Crippen molar-refractivity contribution in [1.29, 1.82) is 0 Å². The number of nitrogens with one attached hydrogen (secondary N) is 3. The average molecular weight is 258 g/mol. The molecule has 0 aliphatic carbocycles. The van der Waals surface area contributed by atoms with Crippen molar-refractivity contribution >= 4 is 23.2 Å². The van der Waals surface area contributed by atoms with Crippen molar-refractivity contribution in [3.8, 4) is 0 Å². The van der Waals surface area contributed by atoms with E-state index >= 15 is 0 Å². The monoisotopic (exact) mass is 258 g/mol. The first-order valence-corrected chi connectivity index (χ1v) is 5.75. The lowest BCUT2D eigenvalue weighted by molar-refractivity contribution is -0.114. The van der Waals surface area contributed by atoms with Crippen LogP contribution in [0.2, 0.25) is 0 Å². The van der Waals surface area contributed by atoms with Crippen molar-refractivity contribution in [2.45, 2.75) is 13.8 Å². The van der Waals surface area contributed by atoms with Crippen LogP contribution >= 0.6 is 0 Å². The number of aryl methyl sites for hydroxylation is 1. The summed E-state index contributed by atoms with van der Waals surface area (Å²) in [6.07, 6.45) is 1.48. The van der Waals surface area contributed by atoms with E-state index in [0.29, 0.717) is 22.6 Å². The zero-order valence-electron chi connectivity index (χ0n) is 10.7. The van der Waals surface area contributed by atoms with E-state index < -0.39 is 0 Å². The number of carbonyl (C=O) groups is 2. The molecule has 0 aliphatic heterocycles. The van der Waals surface area contributed by atoms with Gasteiger partial charge in [0.25, 0.3) is 5.91 Å². The predicted molar refractivity (Wildman–Crippen MR) is 72.0 cm³/mol. The van der Waals surface area contributed by atoms with Gasteiger partial charge in [-0.1, -0.05) is 0 Å². The predicted octanol–water partition coefficient (Wildman–Crippen LogP) is 1.93. The number of benzene rings is 1. The highest BCUT2D eigenvalue weighted by molar-refractivity contribution is 6.05. The molecule has 98 valence electrons. The largest absolute Gasteiger partial charge is 0.326 e. The van der Waals surface area contributed by atoms with E-state index in [1.54, 1.807) is 31.2 Å². The molecule has 2 rings (SSSR count). The van der Waals surface area contributed by atoms with Gasteiger partial charge in [-0.05, 0) is 31.2 Å². The molecule has 0 aliphatic rings. The summed E-state index contributed by atoms with van der Waals surface area (Å²) in [7, 11) is 0. The Kier molecular flexibility index (Phi) is 3.61. The Hall–Kier alpha value is -2.63. The highest BCUT2D eigenvalue weighted by atomic mass is 16.2. The molecule has 1 aromatic carbocycles. The fraction of sp³-hybridized carbons (Fsp3) is 0.154. The first-order chi connectivity index (χ1) is 9.06. The molecule has 6 nitrogen and oxygen atoms in total. The highest BCUT2D eigenvalue weighted by Gasteiger charge is 2.10. The summed E-state index contributed by atoms with van der Waals surface area (Å²) >= 11 is 0. The maximum atomic E-state index is 11.9. The minimum Gasteiger partial charge on any atom is -0.326 e. The molecule has 1 aromatic heterocycles. The van der Waals surface area contributed by atoms with E-state index in [1.165, 1.54) is 13.1 Å². The van der Waals surface area contributed by atoms with E-state index in [4.69, 9.17) is 0 Å². The van der Waals surface area contributed by atoms with Crippen molar-refractivity contribution in [3.05, 3.63) is 41.7 Å². The molecule has 0 radical (unpaired) electrons. The second-order valence-corrected chi connectivity index (χ2v) is 4.12. The number of carbonyl (C=O) groups excluding carboxylic acids is 2. The quantitative estimate of drug-likeness (QED) is 0.786. The Balaban J connectivity index is 2.06. The van der Waals surface area contributed by atoms with Crippen molar-refractivity contribution in [2.75, 3.05) is 10.6 Å². The number of aromatic nitrogens is 2. The molecule has 19 heavy (non-hydrogen) atoms. The van der Waals surface area contributed by atoms with Crippen LogP contribution in [0.3, 0.4) is 0 Å². The lowest BCUT2D eigenvalue weighted by Gasteiger charge is -2.06. The third-order valence-electron chi connectivity index (χ3n) is 2.54. The Bertz CT molecular complexity index is 601. The third kappa shape index (κ3) is 3.19. The van der Waals surface area contributed by atoms with Crippen LogP contribution in [0.25, 0.3) is 0 Å². The molecule has 0 bridgehead atoms. The molecular formula is C13H14N4O2. The molecule has 0 unspecified atom stereocenters. The van der Waals surface area contributed by atoms with Crippen LogP contribution in [0, 0.1) is 6.92 Å². The van der Waals surface area contributed by atoms with Gasteiger partial charge in [0.15, 0.2) is 0 Å². The molecule has 3 N–H and O–H groups in total. The number of aromatic amines is 1. The van der Waals surface area contributed by atoms with Gasteiger partial charge in [-0.15, -0.1) is 0 Å². The van der Waals surface area contributed by atoms with Gasteiger partial charge in [0.05, 0.1) is 11.8 Å². The Morgan fingerprint density at radius 2 is 1.68 bits per heavy atom. The molecule has 2 amide bonds. The first kappa shape index (κ1) is 12.8. The van der Waals surface area contributed by atoms with Crippen molar-refractivity contribution in [1.82, 2.24) is 10.2 Å². The van der Waals surface area contributed by atoms with Crippen molar-refractivity contribution in [2.24, 2.45) is 0 Å². The van der Waals surface area contributed by atoms with Gasteiger partial charge in [0, 0.05) is 24.0 Å². The molecule has 0 spiro atoms. The minimum atomic E-state index is -0.224. The molecule has 1 heterocycles. The van der Waals surface area contributed by atoms with Crippen LogP contribution in [-0.4, -0.2) is 22.0 Å². The van der Waals surface area contributed by atoms with Crippen LogP contribution in [-0.2, 0) is 4.79 Å². The van der Waals surface area contributed by atoms with Gasteiger partial charge in [0.1, 0.15) is 0 Å². The number of rotatable bonds is 3. The fourth-order valence-electron chi connectivity index (χ4n) is 1.62. The molecule has 2 aromatic rings. The van der Waals surface area contributed by atoms with Crippen LogP contribution < -0.4 is 10.6 Å². The van der Waals surface area contributed by atoms with Crippen LogP contribution in [0.15, 0.2) is 30.5 Å². The van der Waals surface area contributed by atoms with E-state index in [0.717, 1.165) is 0 Å². The lowest BCUT2D eigenvalue weighted by atomic mass is 10.2. The third-order valence-corrected chi connectivity index (χ3v) is 2.54. The summed E-state index contributed by atoms with van der Waals surface area (Å²) in [5.74, 6) is -0.357. The van der Waals surface area contributed by atoms with E-state index in [2.05, 4.69) is 20.8 Å². The molecule has 0 saturated carbocycles. The highest BCUT2D eigenvalue weighted by Crippen LogP contribution is 2.15. The van der Waals surface area contributed by atoms with Gasteiger partial charge < -0.3 is 10.6 Å². The molecule has 0 saturated heterocycles. The van der Waals surface area contributed by atoms with Crippen molar-refractivity contribution < 1.29 is 9.59 Å². The number of amides is 2. The van der Waals surface area contributed by atoms with Gasteiger partial charge in [-0.25, -0.2) is 0 Å². The lowest BCUT2D eigenvalue weighted by Crippen LogP contribution is -2.12. The Morgan fingerprint density at radius 1 is 1.11 bits per heavy atom. The molecule has 0 atom stereocenters. The summed E-state index contributed by atoms with van der Waals surface area (Å²) in [6, 6.07) is 6.88. The van der Waals surface area contributed by atoms with Crippen molar-refractivity contribution in [3.63, 3.8) is 0 Å². The van der Waals surface area contributed by atoms with Gasteiger partial charge >= 0.3 is 0 Å². The summed E-state index contributed by atoms with van der Waals surface area (Å²) in [5, 5.41) is 11.9. The van der Waals surface area contributed by atoms with Gasteiger partial charge in [-0.3, -0.25) is 14.7 Å². The first-order valence-electron chi connectivity index (χ1n) is 5.75. The zero-order chi connectivity index (χ0) is 13.8. The number of hydrogen-bond donors (Lipinski definition) is 3. The second kappa shape index (κ2) is 5.34. The summed E-state index contributed by atoms with van der Waals surface area (Å²) in [5.41, 5.74) is 2.56. The number of anilines is 2. The smallest absolute Gasteiger partial charge is 0.259 e. The van der Waals surface area contributed by atoms with Crippen LogP contribution in [0.1, 0.15) is 23.0 Å². The zero-order valence-corrected chi connectivity index (χ0v) is 10.7. The molecule has 6 heteroatoms. The summed E-state index contributed by atoms with van der Waals surface area (Å²) < 4.78 is 0. The van der Waals surface area contributed by atoms with E-state index in [1.807, 2.05) is 0 Å². The normalized spacial score (nSPS) is 10.0. The summed E-state index contributed by atoms with van der Waals surface area (Å²) in [6.45, 7) is 3.22. The maximum Gasteiger partial charge on any atom is 0.259 e. The standard InChI is InChI=1S/C13H14N4O2/c1-8-12(7-14-17-8)13(19)16-11-5-3-10(4-6-11)15-9(2)18/h3-7H,1-2H3,(H,14,17)(H,15,18)(H,16,19). The topological polar surface area (TPSA) is 86.9 Å². The van der Waals surface area contributed by atoms with Gasteiger partial charge in [0.2, 0.25) is 5.91 Å².